The van der Waals surface area contributed by atoms with Gasteiger partial charge in [0.05, 0.1) is 16.4 Å². The van der Waals surface area contributed by atoms with Gasteiger partial charge in [-0.2, -0.15) is 0 Å². The first-order valence-corrected chi connectivity index (χ1v) is 6.91. The lowest BCUT2D eigenvalue weighted by Crippen LogP contribution is -2.12. The number of aryl methyl sites for hydroxylation is 1. The molecule has 0 fully saturated rings. The van der Waals surface area contributed by atoms with Gasteiger partial charge in [0.15, 0.2) is 0 Å². The highest BCUT2D eigenvalue weighted by molar-refractivity contribution is 9.10. The number of benzene rings is 1. The van der Waals surface area contributed by atoms with E-state index < -0.39 is 0 Å². The second kappa shape index (κ2) is 5.90. The third kappa shape index (κ3) is 3.47. The molecule has 1 aromatic carbocycles. The third-order valence-corrected chi connectivity index (χ3v) is 4.03. The summed E-state index contributed by atoms with van der Waals surface area (Å²) in [5.41, 5.74) is 1.97. The van der Waals surface area contributed by atoms with Crippen molar-refractivity contribution in [1.82, 2.24) is 4.98 Å². The second-order valence-electron chi connectivity index (χ2n) is 3.91. The summed E-state index contributed by atoms with van der Waals surface area (Å²) in [6.45, 7) is 1.88. The molecular formula is C13H9BrCl2N2O. The monoisotopic (exact) mass is 358 g/mol. The highest BCUT2D eigenvalue weighted by Gasteiger charge is 2.09. The van der Waals surface area contributed by atoms with Crippen molar-refractivity contribution in [2.45, 2.75) is 6.92 Å². The molecule has 0 saturated heterocycles. The van der Waals surface area contributed by atoms with Crippen LogP contribution in [0.4, 0.5) is 5.69 Å². The molecule has 6 heteroatoms. The van der Waals surface area contributed by atoms with Crippen LogP contribution in [-0.2, 0) is 0 Å². The van der Waals surface area contributed by atoms with E-state index in [0.29, 0.717) is 25.9 Å². The lowest BCUT2D eigenvalue weighted by Gasteiger charge is -2.07. The molecule has 2 aromatic rings. The normalized spacial score (nSPS) is 10.3. The Morgan fingerprint density at radius 3 is 2.68 bits per heavy atom. The van der Waals surface area contributed by atoms with Crippen LogP contribution in [0.3, 0.4) is 0 Å². The van der Waals surface area contributed by atoms with Crippen molar-refractivity contribution in [3.8, 4) is 0 Å². The maximum absolute atomic E-state index is 12.0. The van der Waals surface area contributed by atoms with E-state index in [0.717, 1.165) is 5.56 Å². The molecule has 0 saturated carbocycles. The molecule has 0 radical (unpaired) electrons. The van der Waals surface area contributed by atoms with Crippen molar-refractivity contribution in [1.29, 1.82) is 0 Å². The molecule has 0 spiro atoms. The number of aromatic nitrogens is 1. The summed E-state index contributed by atoms with van der Waals surface area (Å²) < 4.78 is 0.619. The van der Waals surface area contributed by atoms with Crippen LogP contribution in [0.1, 0.15) is 15.9 Å². The fourth-order valence-corrected chi connectivity index (χ4v) is 2.06. The number of amides is 1. The van der Waals surface area contributed by atoms with E-state index in [1.54, 1.807) is 24.3 Å². The fourth-order valence-electron chi connectivity index (χ4n) is 1.43. The predicted molar refractivity (Wildman–Crippen MR) is 81.1 cm³/mol. The molecule has 0 bridgehead atoms. The molecule has 1 N–H and O–H groups in total. The lowest BCUT2D eigenvalue weighted by atomic mass is 10.1. The Morgan fingerprint density at radius 1 is 1.32 bits per heavy atom. The number of hydrogen-bond acceptors (Lipinski definition) is 2. The Hall–Kier alpha value is -1.10. The van der Waals surface area contributed by atoms with Crippen LogP contribution >= 0.6 is 39.1 Å². The van der Waals surface area contributed by atoms with Crippen LogP contribution in [0.25, 0.3) is 0 Å². The van der Waals surface area contributed by atoms with Crippen molar-refractivity contribution >= 4 is 50.7 Å². The molecule has 0 aliphatic heterocycles. The molecule has 1 aromatic heterocycles. The predicted octanol–water partition coefficient (Wildman–Crippen LogP) is 4.71. The Labute approximate surface area is 129 Å². The largest absolute Gasteiger partial charge is 0.321 e. The molecule has 0 aliphatic carbocycles. The number of carbonyl (C=O) groups excluding carboxylic acids is 1. The summed E-state index contributed by atoms with van der Waals surface area (Å²) in [6, 6.07) is 6.83. The van der Waals surface area contributed by atoms with Crippen molar-refractivity contribution in [3.05, 3.63) is 56.2 Å². The number of pyridine rings is 1. The summed E-state index contributed by atoms with van der Waals surface area (Å²) >= 11 is 15.0. The molecule has 0 aliphatic rings. The van der Waals surface area contributed by atoms with Gasteiger partial charge in [0.25, 0.3) is 5.91 Å². The van der Waals surface area contributed by atoms with Gasteiger partial charge in [0, 0.05) is 10.6 Å². The summed E-state index contributed by atoms with van der Waals surface area (Å²) in [5, 5.41) is 3.63. The maximum Gasteiger partial charge on any atom is 0.255 e. The highest BCUT2D eigenvalue weighted by Crippen LogP contribution is 2.23. The molecule has 1 amide bonds. The summed E-state index contributed by atoms with van der Waals surface area (Å²) in [7, 11) is 0. The van der Waals surface area contributed by atoms with Gasteiger partial charge in [0.1, 0.15) is 5.15 Å². The van der Waals surface area contributed by atoms with E-state index in [1.165, 1.54) is 6.20 Å². The van der Waals surface area contributed by atoms with E-state index in [1.807, 2.05) is 6.92 Å². The maximum atomic E-state index is 12.0. The van der Waals surface area contributed by atoms with Gasteiger partial charge in [-0.25, -0.2) is 4.98 Å². The standard InChI is InChI=1S/C13H9BrCl2N2O/c1-7-2-3-8(4-11(7)15)13(19)18-9-5-10(14)12(16)17-6-9/h2-6H,1H3,(H,18,19). The van der Waals surface area contributed by atoms with E-state index in [2.05, 4.69) is 26.2 Å². The molecule has 19 heavy (non-hydrogen) atoms. The van der Waals surface area contributed by atoms with Crippen LogP contribution in [0, 0.1) is 6.92 Å². The smallest absolute Gasteiger partial charge is 0.255 e. The SMILES string of the molecule is Cc1ccc(C(=O)Nc2cnc(Cl)c(Br)c2)cc1Cl. The van der Waals surface area contributed by atoms with E-state index in [4.69, 9.17) is 23.2 Å². The molecule has 2 rings (SSSR count). The van der Waals surface area contributed by atoms with Crippen LogP contribution in [-0.4, -0.2) is 10.9 Å². The Balaban J connectivity index is 2.20. The van der Waals surface area contributed by atoms with Crippen LogP contribution < -0.4 is 5.32 Å². The number of nitrogens with zero attached hydrogens (tertiary/aromatic N) is 1. The number of anilines is 1. The van der Waals surface area contributed by atoms with Gasteiger partial charge >= 0.3 is 0 Å². The minimum Gasteiger partial charge on any atom is -0.321 e. The van der Waals surface area contributed by atoms with Crippen molar-refractivity contribution in [3.63, 3.8) is 0 Å². The third-order valence-electron chi connectivity index (χ3n) is 2.49. The van der Waals surface area contributed by atoms with Crippen LogP contribution in [0.15, 0.2) is 34.9 Å². The fraction of sp³-hybridized carbons (Fsp3) is 0.0769. The summed E-state index contributed by atoms with van der Waals surface area (Å²) in [6.07, 6.45) is 1.49. The first-order chi connectivity index (χ1) is 8.97. The molecule has 3 nitrogen and oxygen atoms in total. The zero-order valence-corrected chi connectivity index (χ0v) is 13.0. The molecule has 1 heterocycles. The van der Waals surface area contributed by atoms with Crippen molar-refractivity contribution < 1.29 is 4.79 Å². The Bertz CT molecular complexity index is 647. The topological polar surface area (TPSA) is 42.0 Å². The number of rotatable bonds is 2. The van der Waals surface area contributed by atoms with Crippen molar-refractivity contribution in [2.75, 3.05) is 5.32 Å². The molecule has 0 atom stereocenters. The number of nitrogens with one attached hydrogen (secondary N) is 1. The average Bonchev–Trinajstić information content (AvgIpc) is 2.37. The van der Waals surface area contributed by atoms with Crippen LogP contribution in [0.2, 0.25) is 10.2 Å². The van der Waals surface area contributed by atoms with Gasteiger partial charge in [-0.15, -0.1) is 0 Å². The summed E-state index contributed by atoms with van der Waals surface area (Å²) in [4.78, 5) is 16.0. The lowest BCUT2D eigenvalue weighted by molar-refractivity contribution is 0.102. The van der Waals surface area contributed by atoms with Gasteiger partial charge < -0.3 is 5.32 Å². The molecule has 0 unspecified atom stereocenters. The minimum absolute atomic E-state index is 0.252. The van der Waals surface area contributed by atoms with Gasteiger partial charge in [-0.3, -0.25) is 4.79 Å². The second-order valence-corrected chi connectivity index (χ2v) is 5.53. The number of carbonyl (C=O) groups is 1. The quantitative estimate of drug-likeness (QED) is 0.789. The van der Waals surface area contributed by atoms with Crippen LogP contribution in [0.5, 0.6) is 0 Å². The van der Waals surface area contributed by atoms with Gasteiger partial charge in [-0.05, 0) is 46.6 Å². The van der Waals surface area contributed by atoms with Crippen molar-refractivity contribution in [2.24, 2.45) is 0 Å². The first-order valence-electron chi connectivity index (χ1n) is 5.36. The van der Waals surface area contributed by atoms with E-state index in [-0.39, 0.29) is 5.91 Å². The Morgan fingerprint density at radius 2 is 2.05 bits per heavy atom. The zero-order valence-electron chi connectivity index (χ0n) is 9.88. The number of hydrogen-bond donors (Lipinski definition) is 1. The van der Waals surface area contributed by atoms with Gasteiger partial charge in [-0.1, -0.05) is 29.3 Å². The molecular weight excluding hydrogens is 351 g/mol. The highest BCUT2D eigenvalue weighted by atomic mass is 79.9. The Kier molecular flexibility index (Phi) is 4.45. The number of halogens is 3. The van der Waals surface area contributed by atoms with E-state index in [9.17, 15) is 4.79 Å². The summed E-state index contributed by atoms with van der Waals surface area (Å²) in [5.74, 6) is -0.252. The van der Waals surface area contributed by atoms with Gasteiger partial charge in [0.2, 0.25) is 0 Å². The first kappa shape index (κ1) is 14.3. The molecule has 98 valence electrons. The zero-order chi connectivity index (χ0) is 14.0. The average molecular weight is 360 g/mol. The van der Waals surface area contributed by atoms with E-state index >= 15 is 0 Å². The minimum atomic E-state index is -0.252.